The molecule has 308 valence electrons. The predicted molar refractivity (Wildman–Crippen MR) is 242 cm³/mol. The number of nitrogens with zero attached hydrogens (tertiary/aromatic N) is 1. The second kappa shape index (κ2) is 25.4. The summed E-state index contributed by atoms with van der Waals surface area (Å²) in [5, 5.41) is 0. The van der Waals surface area contributed by atoms with Gasteiger partial charge in [-0.25, -0.2) is 0 Å². The monoisotopic (exact) mass is 785 g/mol. The van der Waals surface area contributed by atoms with Gasteiger partial charge in [0.1, 0.15) is 6.61 Å². The van der Waals surface area contributed by atoms with E-state index in [1.54, 1.807) is 0 Å². The first-order chi connectivity index (χ1) is 26.8. The van der Waals surface area contributed by atoms with Gasteiger partial charge in [0.2, 0.25) is 5.69 Å². The van der Waals surface area contributed by atoms with Gasteiger partial charge in [-0.1, -0.05) is 111 Å². The highest BCUT2D eigenvalue weighted by molar-refractivity contribution is 7.80. The number of hydrogen-bond acceptors (Lipinski definition) is 5. The lowest BCUT2D eigenvalue weighted by atomic mass is 9.72. The molecule has 0 bridgehead atoms. The molecule has 0 aliphatic heterocycles. The van der Waals surface area contributed by atoms with Gasteiger partial charge in [-0.05, 0) is 106 Å². The molecule has 3 rings (SSSR count). The van der Waals surface area contributed by atoms with Gasteiger partial charge in [-0.15, -0.1) is 0 Å². The van der Waals surface area contributed by atoms with E-state index >= 15 is 0 Å². The average Bonchev–Trinajstić information content (AvgIpc) is 3.13. The first-order valence-electron chi connectivity index (χ1n) is 20.9. The van der Waals surface area contributed by atoms with E-state index in [1.165, 1.54) is 77.5 Å². The van der Waals surface area contributed by atoms with Crippen LogP contribution in [0.4, 0.5) is 0 Å². The van der Waals surface area contributed by atoms with Crippen LogP contribution in [0, 0.1) is 10.8 Å². The van der Waals surface area contributed by atoms with E-state index in [4.69, 9.17) is 18.9 Å². The molecule has 2 aliphatic rings. The molecule has 5 nitrogen and oxygen atoms in total. The van der Waals surface area contributed by atoms with Crippen LogP contribution >= 0.6 is 12.6 Å². The van der Waals surface area contributed by atoms with Crippen LogP contribution in [0.15, 0.2) is 112 Å². The van der Waals surface area contributed by atoms with Crippen LogP contribution in [0.5, 0.6) is 0 Å². The molecule has 2 aliphatic carbocycles. The fourth-order valence-electron chi connectivity index (χ4n) is 7.49. The standard InChI is InChI=1S/C50H73NO4S/c1-40(20-22-47-43(4)17-12-25-49(47,6)7)14-10-16-42(3)38-46-39-45(19-11-15-41(2)21-23-48-44(5)18-13-26-50(48,8)9)24-27-51(46)28-29-52-30-31-53-32-33-54-34-35-55-36-37-56/h10-11,14-16,19-24,27,38-39H,12-13,17-18,25-26,28-37H2,1-9H3/p+1/b16-10+,19-11+,22-20+,23-21+,40-14+,41-15+,42-38+. The van der Waals surface area contributed by atoms with Crippen molar-refractivity contribution in [2.75, 3.05) is 58.6 Å². The van der Waals surface area contributed by atoms with Crippen LogP contribution in [0.2, 0.25) is 0 Å². The molecule has 0 saturated heterocycles. The Morgan fingerprint density at radius 2 is 1.16 bits per heavy atom. The van der Waals surface area contributed by atoms with Crippen molar-refractivity contribution in [3.8, 4) is 0 Å². The van der Waals surface area contributed by atoms with E-state index in [0.717, 1.165) is 23.6 Å². The SMILES string of the molecule is CC1=C(/C=C/C(C)=C/C=C/C(C)=C/c2cc(/C=C/C=C(C)/C=C/C3=C(C)CCCC3(C)C)cc[n+]2CCOCCOCCOCCOCCS)C(C)(C)CCC1. The minimum atomic E-state index is 0.247. The topological polar surface area (TPSA) is 40.8 Å². The smallest absolute Gasteiger partial charge is 0.206 e. The first-order valence-corrected chi connectivity index (χ1v) is 21.6. The minimum Gasteiger partial charge on any atom is -0.378 e. The zero-order valence-electron chi connectivity index (χ0n) is 36.4. The summed E-state index contributed by atoms with van der Waals surface area (Å²) < 4.78 is 24.8. The molecule has 0 fully saturated rings. The largest absolute Gasteiger partial charge is 0.378 e. The summed E-state index contributed by atoms with van der Waals surface area (Å²) in [4.78, 5) is 0. The Morgan fingerprint density at radius 3 is 1.68 bits per heavy atom. The summed E-state index contributed by atoms with van der Waals surface area (Å²) >= 11 is 4.13. The van der Waals surface area contributed by atoms with Crippen LogP contribution in [0.3, 0.4) is 0 Å². The lowest BCUT2D eigenvalue weighted by molar-refractivity contribution is -0.700. The Morgan fingerprint density at radius 1 is 0.661 bits per heavy atom. The van der Waals surface area contributed by atoms with E-state index in [1.807, 2.05) is 0 Å². The molecule has 0 radical (unpaired) electrons. The van der Waals surface area contributed by atoms with Gasteiger partial charge in [-0.2, -0.15) is 17.2 Å². The number of pyridine rings is 1. The summed E-state index contributed by atoms with van der Waals surface area (Å²) in [6.45, 7) is 25.9. The van der Waals surface area contributed by atoms with E-state index in [-0.39, 0.29) is 10.8 Å². The second-order valence-electron chi connectivity index (χ2n) is 16.7. The van der Waals surface area contributed by atoms with Crippen LogP contribution < -0.4 is 4.57 Å². The zero-order chi connectivity index (χ0) is 40.8. The summed E-state index contributed by atoms with van der Waals surface area (Å²) in [6.07, 6.45) is 34.2. The first kappa shape index (κ1) is 47.4. The Labute approximate surface area is 347 Å². The van der Waals surface area contributed by atoms with Gasteiger partial charge in [-0.3, -0.25) is 0 Å². The van der Waals surface area contributed by atoms with Gasteiger partial charge in [0.25, 0.3) is 0 Å². The normalized spacial score (nSPS) is 18.6. The van der Waals surface area contributed by atoms with Crippen molar-refractivity contribution in [1.82, 2.24) is 0 Å². The van der Waals surface area contributed by atoms with E-state index in [0.29, 0.717) is 52.9 Å². The average molecular weight is 785 g/mol. The molecule has 1 aromatic rings. The number of rotatable bonds is 23. The highest BCUT2D eigenvalue weighted by atomic mass is 32.1. The van der Waals surface area contributed by atoms with Gasteiger partial charge in [0.05, 0.1) is 46.2 Å². The van der Waals surface area contributed by atoms with Crippen molar-refractivity contribution in [1.29, 1.82) is 0 Å². The van der Waals surface area contributed by atoms with Gasteiger partial charge in [0.15, 0.2) is 12.7 Å². The Bertz CT molecular complexity index is 1660. The Kier molecular flexibility index (Phi) is 21.5. The van der Waals surface area contributed by atoms with Crippen molar-refractivity contribution < 1.29 is 23.5 Å². The van der Waals surface area contributed by atoms with Crippen LogP contribution in [-0.4, -0.2) is 58.6 Å². The summed E-state index contributed by atoms with van der Waals surface area (Å²) in [5.74, 6) is 0.723. The van der Waals surface area contributed by atoms with Crippen molar-refractivity contribution in [2.24, 2.45) is 10.8 Å². The van der Waals surface area contributed by atoms with Crippen LogP contribution in [-0.2, 0) is 25.5 Å². The lowest BCUT2D eigenvalue weighted by Crippen LogP contribution is -2.39. The number of ether oxygens (including phenoxy) is 4. The lowest BCUT2D eigenvalue weighted by Gasteiger charge is -2.33. The molecule has 1 aromatic heterocycles. The van der Waals surface area contributed by atoms with Crippen molar-refractivity contribution >= 4 is 24.8 Å². The quantitative estimate of drug-likeness (QED) is 0.0519. The van der Waals surface area contributed by atoms with Crippen LogP contribution in [0.1, 0.15) is 112 Å². The molecule has 56 heavy (non-hydrogen) atoms. The van der Waals surface area contributed by atoms with E-state index in [9.17, 15) is 0 Å². The molecule has 0 atom stereocenters. The molecular weight excluding hydrogens is 711 g/mol. The summed E-state index contributed by atoms with van der Waals surface area (Å²) in [5.41, 5.74) is 12.5. The summed E-state index contributed by atoms with van der Waals surface area (Å²) in [6, 6.07) is 4.43. The maximum atomic E-state index is 5.96. The summed E-state index contributed by atoms with van der Waals surface area (Å²) in [7, 11) is 0. The molecule has 0 unspecified atom stereocenters. The van der Waals surface area contributed by atoms with E-state index < -0.39 is 0 Å². The van der Waals surface area contributed by atoms with E-state index in [2.05, 4.69) is 165 Å². The van der Waals surface area contributed by atoms with Gasteiger partial charge < -0.3 is 18.9 Å². The Hall–Kier alpha value is -3.00. The number of hydrogen-bond donors (Lipinski definition) is 1. The van der Waals surface area contributed by atoms with Crippen molar-refractivity contribution in [3.63, 3.8) is 0 Å². The van der Waals surface area contributed by atoms with Crippen molar-refractivity contribution in [2.45, 2.75) is 107 Å². The minimum absolute atomic E-state index is 0.247. The fourth-order valence-corrected chi connectivity index (χ4v) is 7.62. The molecule has 0 N–H and O–H groups in total. The maximum Gasteiger partial charge on any atom is 0.206 e. The Balaban J connectivity index is 1.66. The molecule has 0 amide bonds. The predicted octanol–water partition coefficient (Wildman–Crippen LogP) is 12.0. The molecule has 0 aromatic carbocycles. The molecule has 0 saturated carbocycles. The number of thiol groups is 1. The third-order valence-electron chi connectivity index (χ3n) is 10.8. The fraction of sp³-hybridized carbons (Fsp3) is 0.540. The highest BCUT2D eigenvalue weighted by Gasteiger charge is 2.27. The van der Waals surface area contributed by atoms with Crippen molar-refractivity contribution in [3.05, 3.63) is 123 Å². The van der Waals surface area contributed by atoms with Crippen LogP contribution in [0.25, 0.3) is 12.2 Å². The maximum absolute atomic E-state index is 5.96. The second-order valence-corrected chi connectivity index (χ2v) is 17.2. The molecular formula is C50H74NO4S+. The van der Waals surface area contributed by atoms with Gasteiger partial charge >= 0.3 is 0 Å². The highest BCUT2D eigenvalue weighted by Crippen LogP contribution is 2.41. The zero-order valence-corrected chi connectivity index (χ0v) is 37.3. The molecule has 6 heteroatoms. The number of allylic oxidation sites excluding steroid dienone is 16. The molecule has 0 spiro atoms. The van der Waals surface area contributed by atoms with Gasteiger partial charge in [0, 0.05) is 24.0 Å². The third kappa shape index (κ3) is 17.6. The number of aromatic nitrogens is 1. The molecule has 1 heterocycles. The third-order valence-corrected chi connectivity index (χ3v) is 11.0.